The van der Waals surface area contributed by atoms with E-state index in [-0.39, 0.29) is 5.91 Å². The topological polar surface area (TPSA) is 92.9 Å². The second-order valence-electron chi connectivity index (χ2n) is 6.51. The Morgan fingerprint density at radius 1 is 1.17 bits per heavy atom. The standard InChI is InChI=1S/C17H23N5O2/c23-16(18-12-17(24)9-3-1-2-4-10-17)11-14-5-7-15(8-6-14)22-13-19-20-21-22/h5-8,13,24H,1-4,9-12H2,(H,18,23). The van der Waals surface area contributed by atoms with Crippen molar-refractivity contribution in [3.05, 3.63) is 36.2 Å². The maximum atomic E-state index is 12.1. The van der Waals surface area contributed by atoms with Crippen LogP contribution in [0.3, 0.4) is 0 Å². The van der Waals surface area contributed by atoms with E-state index >= 15 is 0 Å². The highest BCUT2D eigenvalue weighted by atomic mass is 16.3. The van der Waals surface area contributed by atoms with Crippen molar-refractivity contribution < 1.29 is 9.90 Å². The molecule has 1 saturated carbocycles. The number of benzene rings is 1. The van der Waals surface area contributed by atoms with Crippen LogP contribution in [0.4, 0.5) is 0 Å². The molecule has 2 aromatic rings. The molecule has 7 heteroatoms. The minimum Gasteiger partial charge on any atom is -0.388 e. The Kier molecular flexibility index (Phi) is 5.20. The van der Waals surface area contributed by atoms with Crippen LogP contribution < -0.4 is 5.32 Å². The number of carbonyl (C=O) groups is 1. The molecule has 0 unspecified atom stereocenters. The highest BCUT2D eigenvalue weighted by molar-refractivity contribution is 5.78. The third-order valence-electron chi connectivity index (χ3n) is 4.56. The fourth-order valence-corrected chi connectivity index (χ4v) is 3.12. The summed E-state index contributed by atoms with van der Waals surface area (Å²) >= 11 is 0. The summed E-state index contributed by atoms with van der Waals surface area (Å²) in [6.07, 6.45) is 7.77. The monoisotopic (exact) mass is 329 g/mol. The molecule has 0 atom stereocenters. The molecular weight excluding hydrogens is 306 g/mol. The lowest BCUT2D eigenvalue weighted by atomic mass is 9.94. The van der Waals surface area contributed by atoms with Crippen molar-refractivity contribution in [1.82, 2.24) is 25.5 Å². The summed E-state index contributed by atoms with van der Waals surface area (Å²) in [6, 6.07) is 7.52. The highest BCUT2D eigenvalue weighted by Crippen LogP contribution is 2.26. The summed E-state index contributed by atoms with van der Waals surface area (Å²) in [7, 11) is 0. The molecule has 3 rings (SSSR count). The molecule has 128 valence electrons. The molecule has 1 aliphatic rings. The smallest absolute Gasteiger partial charge is 0.224 e. The van der Waals surface area contributed by atoms with Crippen LogP contribution in [-0.2, 0) is 11.2 Å². The Hall–Kier alpha value is -2.28. The number of rotatable bonds is 5. The molecule has 1 amide bonds. The van der Waals surface area contributed by atoms with Gasteiger partial charge in [0.15, 0.2) is 0 Å². The first-order chi connectivity index (χ1) is 11.6. The summed E-state index contributed by atoms with van der Waals surface area (Å²) in [4.78, 5) is 12.1. The van der Waals surface area contributed by atoms with Crippen molar-refractivity contribution in [2.45, 2.75) is 50.5 Å². The predicted octanol–water partition coefficient (Wildman–Crippen LogP) is 1.41. The van der Waals surface area contributed by atoms with Gasteiger partial charge in [0.05, 0.1) is 17.7 Å². The predicted molar refractivity (Wildman–Crippen MR) is 88.5 cm³/mol. The van der Waals surface area contributed by atoms with Gasteiger partial charge in [0.2, 0.25) is 5.91 Å². The molecule has 2 N–H and O–H groups in total. The maximum Gasteiger partial charge on any atom is 0.224 e. The van der Waals surface area contributed by atoms with Crippen LogP contribution in [0.2, 0.25) is 0 Å². The zero-order chi connectivity index (χ0) is 16.8. The number of tetrazole rings is 1. The first kappa shape index (κ1) is 16.6. The largest absolute Gasteiger partial charge is 0.388 e. The lowest BCUT2D eigenvalue weighted by Crippen LogP contribution is -2.43. The van der Waals surface area contributed by atoms with E-state index in [9.17, 15) is 9.90 Å². The zero-order valence-electron chi connectivity index (χ0n) is 13.7. The fourth-order valence-electron chi connectivity index (χ4n) is 3.12. The molecule has 0 spiro atoms. The molecule has 1 aromatic heterocycles. The summed E-state index contributed by atoms with van der Waals surface area (Å²) < 4.78 is 1.56. The van der Waals surface area contributed by atoms with Gasteiger partial charge in [0, 0.05) is 6.54 Å². The quantitative estimate of drug-likeness (QED) is 0.809. The number of nitrogens with one attached hydrogen (secondary N) is 1. The SMILES string of the molecule is O=C(Cc1ccc(-n2cnnn2)cc1)NCC1(O)CCCCCC1. The van der Waals surface area contributed by atoms with Gasteiger partial charge in [-0.25, -0.2) is 4.68 Å². The Labute approximate surface area is 141 Å². The lowest BCUT2D eigenvalue weighted by molar-refractivity contribution is -0.121. The number of hydrogen-bond donors (Lipinski definition) is 2. The number of carbonyl (C=O) groups excluding carboxylic acids is 1. The Bertz CT molecular complexity index is 646. The Morgan fingerprint density at radius 3 is 2.50 bits per heavy atom. The van der Waals surface area contributed by atoms with Crippen LogP contribution in [-0.4, -0.2) is 43.4 Å². The number of nitrogens with zero attached hydrogens (tertiary/aromatic N) is 4. The van der Waals surface area contributed by atoms with Gasteiger partial charge in [-0.2, -0.15) is 0 Å². The van der Waals surface area contributed by atoms with Gasteiger partial charge in [0.1, 0.15) is 6.33 Å². The second-order valence-corrected chi connectivity index (χ2v) is 6.51. The van der Waals surface area contributed by atoms with Crippen molar-refractivity contribution in [2.75, 3.05) is 6.54 Å². The van der Waals surface area contributed by atoms with E-state index in [0.29, 0.717) is 13.0 Å². The van der Waals surface area contributed by atoms with E-state index in [1.54, 1.807) is 4.68 Å². The van der Waals surface area contributed by atoms with Crippen molar-refractivity contribution in [1.29, 1.82) is 0 Å². The van der Waals surface area contributed by atoms with Crippen LogP contribution in [0, 0.1) is 0 Å². The molecule has 7 nitrogen and oxygen atoms in total. The second kappa shape index (κ2) is 7.53. The van der Waals surface area contributed by atoms with Crippen molar-refractivity contribution in [3.8, 4) is 5.69 Å². The van der Waals surface area contributed by atoms with E-state index in [1.165, 1.54) is 19.2 Å². The molecule has 0 saturated heterocycles. The van der Waals surface area contributed by atoms with Crippen LogP contribution in [0.15, 0.2) is 30.6 Å². The van der Waals surface area contributed by atoms with Crippen molar-refractivity contribution >= 4 is 5.91 Å². The minimum atomic E-state index is -0.740. The summed E-state index contributed by atoms with van der Waals surface area (Å²) in [6.45, 7) is 0.342. The molecule has 1 heterocycles. The summed E-state index contributed by atoms with van der Waals surface area (Å²) in [5.41, 5.74) is 1.02. The molecular formula is C17H23N5O2. The van der Waals surface area contributed by atoms with E-state index in [1.807, 2.05) is 24.3 Å². The summed E-state index contributed by atoms with van der Waals surface area (Å²) in [5, 5.41) is 24.5. The molecule has 1 aromatic carbocycles. The number of aromatic nitrogens is 4. The van der Waals surface area contributed by atoms with E-state index in [4.69, 9.17) is 0 Å². The van der Waals surface area contributed by atoms with E-state index in [2.05, 4.69) is 20.8 Å². The van der Waals surface area contributed by atoms with E-state index < -0.39 is 5.60 Å². The van der Waals surface area contributed by atoms with Gasteiger partial charge < -0.3 is 10.4 Å². The number of aliphatic hydroxyl groups is 1. The number of hydrogen-bond acceptors (Lipinski definition) is 5. The molecule has 0 aliphatic heterocycles. The van der Waals surface area contributed by atoms with Crippen LogP contribution >= 0.6 is 0 Å². The Balaban J connectivity index is 1.51. The maximum absolute atomic E-state index is 12.1. The first-order valence-corrected chi connectivity index (χ1v) is 8.46. The molecule has 1 aliphatic carbocycles. The first-order valence-electron chi connectivity index (χ1n) is 8.46. The van der Waals surface area contributed by atoms with Crippen LogP contribution in [0.25, 0.3) is 5.69 Å². The third kappa shape index (κ3) is 4.38. The minimum absolute atomic E-state index is 0.0668. The van der Waals surface area contributed by atoms with Gasteiger partial charge in [-0.1, -0.05) is 37.8 Å². The van der Waals surface area contributed by atoms with Gasteiger partial charge >= 0.3 is 0 Å². The average molecular weight is 329 g/mol. The van der Waals surface area contributed by atoms with Gasteiger partial charge in [-0.05, 0) is 41.0 Å². The molecule has 24 heavy (non-hydrogen) atoms. The average Bonchev–Trinajstić information content (AvgIpc) is 3.03. The Morgan fingerprint density at radius 2 is 1.88 bits per heavy atom. The van der Waals surface area contributed by atoms with Gasteiger partial charge in [-0.3, -0.25) is 4.79 Å². The fraction of sp³-hybridized carbons (Fsp3) is 0.529. The van der Waals surface area contributed by atoms with Crippen LogP contribution in [0.1, 0.15) is 44.1 Å². The van der Waals surface area contributed by atoms with Crippen molar-refractivity contribution in [3.63, 3.8) is 0 Å². The van der Waals surface area contributed by atoms with Gasteiger partial charge in [0.25, 0.3) is 0 Å². The zero-order valence-corrected chi connectivity index (χ0v) is 13.7. The molecule has 1 fully saturated rings. The molecule has 0 bridgehead atoms. The van der Waals surface area contributed by atoms with Gasteiger partial charge in [-0.15, -0.1) is 5.10 Å². The lowest BCUT2D eigenvalue weighted by Gasteiger charge is -2.26. The van der Waals surface area contributed by atoms with Crippen molar-refractivity contribution in [2.24, 2.45) is 0 Å². The highest BCUT2D eigenvalue weighted by Gasteiger charge is 2.28. The summed E-state index contributed by atoms with van der Waals surface area (Å²) in [5.74, 6) is -0.0668. The number of amides is 1. The van der Waals surface area contributed by atoms with Crippen LogP contribution in [0.5, 0.6) is 0 Å². The third-order valence-corrected chi connectivity index (χ3v) is 4.56. The molecule has 0 radical (unpaired) electrons. The van der Waals surface area contributed by atoms with E-state index in [0.717, 1.165) is 36.9 Å². The normalized spacial score (nSPS) is 17.2.